The summed E-state index contributed by atoms with van der Waals surface area (Å²) in [6.45, 7) is 3.39. The number of carbonyl (C=O) groups excluding carboxylic acids is 2. The summed E-state index contributed by atoms with van der Waals surface area (Å²) in [5.74, 6) is -0.0384. The number of esters is 1. The fourth-order valence-corrected chi connectivity index (χ4v) is 3.57. The van der Waals surface area contributed by atoms with E-state index >= 15 is 0 Å². The van der Waals surface area contributed by atoms with Gasteiger partial charge in [0, 0.05) is 37.3 Å². The lowest BCUT2D eigenvalue weighted by molar-refractivity contribution is -0.142. The minimum Gasteiger partial charge on any atom is -0.467 e. The number of methoxy groups -OCH3 is 1. The van der Waals surface area contributed by atoms with Crippen LogP contribution >= 0.6 is 0 Å². The average Bonchev–Trinajstić information content (AvgIpc) is 2.54. The summed E-state index contributed by atoms with van der Waals surface area (Å²) < 4.78 is 6.45. The number of carbonyl (C=O) groups is 2. The number of pyridine rings is 1. The topological polar surface area (TPSA) is 80.6 Å². The first-order chi connectivity index (χ1) is 11.0. The van der Waals surface area contributed by atoms with E-state index in [2.05, 4.69) is 10.1 Å². The number of nitrogens with zero attached hydrogens (tertiary/aromatic N) is 2. The number of nitrogens with one attached hydrogen (secondary N) is 1. The summed E-state index contributed by atoms with van der Waals surface area (Å²) in [7, 11) is 1.30. The van der Waals surface area contributed by atoms with Gasteiger partial charge in [-0.3, -0.25) is 4.79 Å². The zero-order valence-electron chi connectivity index (χ0n) is 13.3. The summed E-state index contributed by atoms with van der Waals surface area (Å²) in [6.07, 6.45) is 0.986. The fourth-order valence-electron chi connectivity index (χ4n) is 3.57. The van der Waals surface area contributed by atoms with Gasteiger partial charge in [-0.25, -0.2) is 9.59 Å². The summed E-state index contributed by atoms with van der Waals surface area (Å²) in [4.78, 5) is 37.5. The molecule has 1 aromatic heterocycles. The summed E-state index contributed by atoms with van der Waals surface area (Å²) in [5.41, 5.74) is 1.02. The molecule has 1 aromatic rings. The second-order valence-electron chi connectivity index (χ2n) is 6.30. The van der Waals surface area contributed by atoms with Crippen LogP contribution in [-0.2, 0) is 16.1 Å². The van der Waals surface area contributed by atoms with Crippen molar-refractivity contribution in [2.75, 3.05) is 20.2 Å². The summed E-state index contributed by atoms with van der Waals surface area (Å²) in [5, 5.41) is 2.67. The van der Waals surface area contributed by atoms with Crippen molar-refractivity contribution in [1.82, 2.24) is 14.8 Å². The van der Waals surface area contributed by atoms with Gasteiger partial charge in [0.1, 0.15) is 6.04 Å². The van der Waals surface area contributed by atoms with Crippen molar-refractivity contribution in [3.63, 3.8) is 0 Å². The normalized spacial score (nSPS) is 23.7. The van der Waals surface area contributed by atoms with E-state index in [1.165, 1.54) is 7.11 Å². The standard InChI is InChI=1S/C16H21N3O4/c1-10(15(21)23-2)17-16(22)18-7-11-6-12(9-18)13-4-3-5-14(20)19(13)8-11/h3-5,10-12H,6-9H2,1-2H3,(H,17,22). The average molecular weight is 319 g/mol. The van der Waals surface area contributed by atoms with Gasteiger partial charge in [-0.1, -0.05) is 6.07 Å². The van der Waals surface area contributed by atoms with Crippen LogP contribution in [0.1, 0.15) is 25.0 Å². The Kier molecular flexibility index (Phi) is 4.11. The molecule has 124 valence electrons. The number of hydrogen-bond donors (Lipinski definition) is 1. The molecule has 0 aliphatic carbocycles. The van der Waals surface area contributed by atoms with Crippen LogP contribution in [-0.4, -0.2) is 47.7 Å². The lowest BCUT2D eigenvalue weighted by atomic mass is 9.83. The molecule has 0 radical (unpaired) electrons. The molecule has 2 aliphatic rings. The number of piperidine rings is 1. The van der Waals surface area contributed by atoms with E-state index in [-0.39, 0.29) is 23.4 Å². The molecule has 2 aliphatic heterocycles. The molecule has 1 saturated heterocycles. The van der Waals surface area contributed by atoms with E-state index in [4.69, 9.17) is 0 Å². The third-order valence-electron chi connectivity index (χ3n) is 4.66. The second-order valence-corrected chi connectivity index (χ2v) is 6.30. The SMILES string of the molecule is COC(=O)C(C)NC(=O)N1CC2CC(C1)c1cccc(=O)n1C2. The van der Waals surface area contributed by atoms with E-state index in [0.29, 0.717) is 19.6 Å². The van der Waals surface area contributed by atoms with Crippen LogP contribution in [0.5, 0.6) is 0 Å². The maximum Gasteiger partial charge on any atom is 0.328 e. The highest BCUT2D eigenvalue weighted by molar-refractivity contribution is 5.83. The molecule has 1 N–H and O–H groups in total. The Morgan fingerprint density at radius 2 is 2.09 bits per heavy atom. The zero-order chi connectivity index (χ0) is 16.6. The van der Waals surface area contributed by atoms with Crippen molar-refractivity contribution in [2.45, 2.75) is 31.8 Å². The Labute approximate surface area is 134 Å². The van der Waals surface area contributed by atoms with Crippen LogP contribution in [0.25, 0.3) is 0 Å². The molecule has 3 heterocycles. The monoisotopic (exact) mass is 319 g/mol. The van der Waals surface area contributed by atoms with Gasteiger partial charge in [0.15, 0.2) is 0 Å². The lowest BCUT2D eigenvalue weighted by Crippen LogP contribution is -2.54. The quantitative estimate of drug-likeness (QED) is 0.807. The van der Waals surface area contributed by atoms with Gasteiger partial charge in [0.25, 0.3) is 5.56 Å². The number of amides is 2. The Morgan fingerprint density at radius 3 is 2.83 bits per heavy atom. The van der Waals surface area contributed by atoms with Gasteiger partial charge in [-0.05, 0) is 25.3 Å². The highest BCUT2D eigenvalue weighted by atomic mass is 16.5. The molecule has 23 heavy (non-hydrogen) atoms. The van der Waals surface area contributed by atoms with Crippen LogP contribution in [0.3, 0.4) is 0 Å². The minimum atomic E-state index is -0.677. The Hall–Kier alpha value is -2.31. The highest BCUT2D eigenvalue weighted by Crippen LogP contribution is 2.34. The van der Waals surface area contributed by atoms with Gasteiger partial charge < -0.3 is 19.5 Å². The molecule has 2 amide bonds. The van der Waals surface area contributed by atoms with Gasteiger partial charge in [-0.2, -0.15) is 0 Å². The first-order valence-corrected chi connectivity index (χ1v) is 7.82. The zero-order valence-corrected chi connectivity index (χ0v) is 13.3. The van der Waals surface area contributed by atoms with E-state index < -0.39 is 12.0 Å². The minimum absolute atomic E-state index is 0.0226. The third-order valence-corrected chi connectivity index (χ3v) is 4.66. The van der Waals surface area contributed by atoms with Gasteiger partial charge in [-0.15, -0.1) is 0 Å². The number of urea groups is 1. The van der Waals surface area contributed by atoms with Crippen LogP contribution in [0.4, 0.5) is 4.79 Å². The smallest absolute Gasteiger partial charge is 0.328 e. The Balaban J connectivity index is 1.74. The highest BCUT2D eigenvalue weighted by Gasteiger charge is 2.36. The summed E-state index contributed by atoms with van der Waals surface area (Å²) >= 11 is 0. The number of ether oxygens (including phenoxy) is 1. The maximum atomic E-state index is 12.4. The molecular formula is C16H21N3O4. The molecular weight excluding hydrogens is 298 g/mol. The van der Waals surface area contributed by atoms with E-state index in [1.54, 1.807) is 24.0 Å². The Morgan fingerprint density at radius 1 is 1.30 bits per heavy atom. The maximum absolute atomic E-state index is 12.4. The molecule has 3 atom stereocenters. The molecule has 7 nitrogen and oxygen atoms in total. The van der Waals surface area contributed by atoms with Crippen LogP contribution < -0.4 is 10.9 Å². The van der Waals surface area contributed by atoms with Crippen molar-refractivity contribution in [1.29, 1.82) is 0 Å². The van der Waals surface area contributed by atoms with Crippen molar-refractivity contribution in [2.24, 2.45) is 5.92 Å². The number of rotatable bonds is 2. The van der Waals surface area contributed by atoms with Gasteiger partial charge in [0.2, 0.25) is 0 Å². The third kappa shape index (κ3) is 2.95. The van der Waals surface area contributed by atoms with E-state index in [0.717, 1.165) is 12.1 Å². The number of fused-ring (bicyclic) bond motifs is 4. The van der Waals surface area contributed by atoms with Gasteiger partial charge in [0.05, 0.1) is 7.11 Å². The van der Waals surface area contributed by atoms with Crippen LogP contribution in [0.15, 0.2) is 23.0 Å². The molecule has 0 spiro atoms. The predicted octanol–water partition coefficient (Wildman–Crippen LogP) is 0.538. The number of likely N-dealkylation sites (tertiary alicyclic amines) is 1. The van der Waals surface area contributed by atoms with Crippen LogP contribution in [0.2, 0.25) is 0 Å². The largest absolute Gasteiger partial charge is 0.467 e. The van der Waals surface area contributed by atoms with E-state index in [1.807, 2.05) is 10.6 Å². The molecule has 1 fully saturated rings. The van der Waals surface area contributed by atoms with E-state index in [9.17, 15) is 14.4 Å². The predicted molar refractivity (Wildman–Crippen MR) is 83.1 cm³/mol. The molecule has 0 aromatic carbocycles. The van der Waals surface area contributed by atoms with Crippen molar-refractivity contribution < 1.29 is 14.3 Å². The fraction of sp³-hybridized carbons (Fsp3) is 0.562. The first kappa shape index (κ1) is 15.6. The number of aromatic nitrogens is 1. The molecule has 2 bridgehead atoms. The number of hydrogen-bond acceptors (Lipinski definition) is 4. The molecule has 7 heteroatoms. The van der Waals surface area contributed by atoms with Crippen molar-refractivity contribution in [3.8, 4) is 0 Å². The molecule has 3 rings (SSSR count). The van der Waals surface area contributed by atoms with Crippen molar-refractivity contribution >= 4 is 12.0 Å². The van der Waals surface area contributed by atoms with Crippen LogP contribution in [0, 0.1) is 5.92 Å². The first-order valence-electron chi connectivity index (χ1n) is 7.82. The second kappa shape index (κ2) is 6.06. The lowest BCUT2D eigenvalue weighted by Gasteiger charge is -2.42. The van der Waals surface area contributed by atoms with Gasteiger partial charge >= 0.3 is 12.0 Å². The van der Waals surface area contributed by atoms with Crippen molar-refractivity contribution in [3.05, 3.63) is 34.2 Å². The summed E-state index contributed by atoms with van der Waals surface area (Å²) in [6, 6.07) is 4.37. The Bertz CT molecular complexity index is 684. The molecule has 3 unspecified atom stereocenters. The molecule has 0 saturated carbocycles.